The summed E-state index contributed by atoms with van der Waals surface area (Å²) in [7, 11) is 1.55. The van der Waals surface area contributed by atoms with Gasteiger partial charge in [-0.2, -0.15) is 0 Å². The van der Waals surface area contributed by atoms with Gasteiger partial charge < -0.3 is 14.3 Å². The second kappa shape index (κ2) is 7.53. The minimum atomic E-state index is -4.70. The highest BCUT2D eigenvalue weighted by molar-refractivity contribution is 5.82. The van der Waals surface area contributed by atoms with Gasteiger partial charge in [0.05, 0.1) is 13.3 Å². The van der Waals surface area contributed by atoms with Gasteiger partial charge in [-0.25, -0.2) is 0 Å². The van der Waals surface area contributed by atoms with Crippen molar-refractivity contribution in [3.05, 3.63) is 59.7 Å². The third kappa shape index (κ3) is 5.54. The average molecular weight is 325 g/mol. The zero-order chi connectivity index (χ0) is 16.7. The first-order chi connectivity index (χ1) is 11.0. The van der Waals surface area contributed by atoms with Gasteiger partial charge in [0, 0.05) is 5.56 Å². The Morgan fingerprint density at radius 3 is 2.39 bits per heavy atom. The largest absolute Gasteiger partial charge is 0.573 e. The fourth-order valence-corrected chi connectivity index (χ4v) is 1.77. The van der Waals surface area contributed by atoms with Crippen LogP contribution >= 0.6 is 0 Å². The molecule has 0 aliphatic heterocycles. The smallest absolute Gasteiger partial charge is 0.496 e. The Labute approximate surface area is 131 Å². The predicted molar refractivity (Wildman–Crippen MR) is 78.5 cm³/mol. The number of oxime groups is 1. The molecule has 4 nitrogen and oxygen atoms in total. The fourth-order valence-electron chi connectivity index (χ4n) is 1.77. The lowest BCUT2D eigenvalue weighted by Gasteiger charge is -2.08. The SMILES string of the molecule is COc1ccccc1C=NOCc1ccc(OC(F)(F)F)cc1. The molecule has 0 aromatic heterocycles. The number of para-hydroxylation sites is 1. The third-order valence-corrected chi connectivity index (χ3v) is 2.79. The highest BCUT2D eigenvalue weighted by Crippen LogP contribution is 2.23. The third-order valence-electron chi connectivity index (χ3n) is 2.79. The van der Waals surface area contributed by atoms with Crippen LogP contribution in [0.15, 0.2) is 53.7 Å². The molecule has 0 unspecified atom stereocenters. The zero-order valence-electron chi connectivity index (χ0n) is 12.2. The molecule has 23 heavy (non-hydrogen) atoms. The first-order valence-electron chi connectivity index (χ1n) is 6.61. The Hall–Kier alpha value is -2.70. The van der Waals surface area contributed by atoms with E-state index in [0.29, 0.717) is 11.3 Å². The fraction of sp³-hybridized carbons (Fsp3) is 0.188. The monoisotopic (exact) mass is 325 g/mol. The molecule has 0 amide bonds. The molecule has 0 spiro atoms. The van der Waals surface area contributed by atoms with Crippen molar-refractivity contribution in [2.45, 2.75) is 13.0 Å². The topological polar surface area (TPSA) is 40.0 Å². The second-order valence-electron chi connectivity index (χ2n) is 4.44. The second-order valence-corrected chi connectivity index (χ2v) is 4.44. The number of hydrogen-bond acceptors (Lipinski definition) is 4. The number of rotatable bonds is 6. The molecule has 0 bridgehead atoms. The summed E-state index contributed by atoms with van der Waals surface area (Å²) in [6.45, 7) is 0.123. The van der Waals surface area contributed by atoms with Crippen LogP contribution in [0.1, 0.15) is 11.1 Å². The van der Waals surface area contributed by atoms with Crippen LogP contribution in [0.2, 0.25) is 0 Å². The van der Waals surface area contributed by atoms with Crippen molar-refractivity contribution >= 4 is 6.21 Å². The van der Waals surface area contributed by atoms with Crippen molar-refractivity contribution in [3.8, 4) is 11.5 Å². The van der Waals surface area contributed by atoms with E-state index in [9.17, 15) is 13.2 Å². The van der Waals surface area contributed by atoms with E-state index >= 15 is 0 Å². The maximum atomic E-state index is 12.0. The maximum Gasteiger partial charge on any atom is 0.573 e. The van der Waals surface area contributed by atoms with Gasteiger partial charge in [-0.3, -0.25) is 0 Å². The normalized spacial score (nSPS) is 11.5. The summed E-state index contributed by atoms with van der Waals surface area (Å²) in [4.78, 5) is 5.11. The van der Waals surface area contributed by atoms with Crippen molar-refractivity contribution in [1.29, 1.82) is 0 Å². The summed E-state index contributed by atoms with van der Waals surface area (Å²) in [5, 5.41) is 3.81. The molecule has 0 saturated carbocycles. The Bertz CT molecular complexity index is 654. The molecule has 0 aliphatic rings. The molecule has 0 aliphatic carbocycles. The Morgan fingerprint density at radius 1 is 1.04 bits per heavy atom. The summed E-state index contributed by atoms with van der Waals surface area (Å²) in [6.07, 6.45) is -3.20. The summed E-state index contributed by atoms with van der Waals surface area (Å²) >= 11 is 0. The molecule has 122 valence electrons. The van der Waals surface area contributed by atoms with Gasteiger partial charge in [0.25, 0.3) is 0 Å². The van der Waals surface area contributed by atoms with E-state index in [0.717, 1.165) is 5.56 Å². The summed E-state index contributed by atoms with van der Waals surface area (Å²) in [5.41, 5.74) is 1.42. The van der Waals surface area contributed by atoms with E-state index in [1.807, 2.05) is 18.2 Å². The van der Waals surface area contributed by atoms with Crippen LogP contribution in [0.25, 0.3) is 0 Å². The molecule has 7 heteroatoms. The average Bonchev–Trinajstić information content (AvgIpc) is 2.52. The van der Waals surface area contributed by atoms with Crippen LogP contribution in [0.4, 0.5) is 13.2 Å². The van der Waals surface area contributed by atoms with Crippen LogP contribution in [0, 0.1) is 0 Å². The zero-order valence-corrected chi connectivity index (χ0v) is 12.2. The molecule has 2 aromatic rings. The van der Waals surface area contributed by atoms with Gasteiger partial charge in [0.1, 0.15) is 18.1 Å². The lowest BCUT2D eigenvalue weighted by Crippen LogP contribution is -2.17. The van der Waals surface area contributed by atoms with Gasteiger partial charge in [-0.05, 0) is 29.8 Å². The van der Waals surface area contributed by atoms with E-state index in [1.165, 1.54) is 30.5 Å². The molecule has 0 fully saturated rings. The number of hydrogen-bond donors (Lipinski definition) is 0. The summed E-state index contributed by atoms with van der Waals surface area (Å²) < 4.78 is 45.1. The number of methoxy groups -OCH3 is 1. The van der Waals surface area contributed by atoms with Gasteiger partial charge in [0.2, 0.25) is 0 Å². The van der Waals surface area contributed by atoms with Crippen molar-refractivity contribution in [2.24, 2.45) is 5.16 Å². The van der Waals surface area contributed by atoms with Crippen LogP contribution in [-0.2, 0) is 11.4 Å². The quantitative estimate of drug-likeness (QED) is 0.592. The summed E-state index contributed by atoms with van der Waals surface area (Å²) in [6, 6.07) is 12.7. The van der Waals surface area contributed by atoms with Gasteiger partial charge in [-0.15, -0.1) is 13.2 Å². The molecule has 0 atom stereocenters. The first kappa shape index (κ1) is 16.7. The van der Waals surface area contributed by atoms with Crippen LogP contribution in [0.3, 0.4) is 0 Å². The maximum absolute atomic E-state index is 12.0. The summed E-state index contributed by atoms with van der Waals surface area (Å²) in [5.74, 6) is 0.382. The molecule has 0 heterocycles. The lowest BCUT2D eigenvalue weighted by atomic mass is 10.2. The van der Waals surface area contributed by atoms with Crippen molar-refractivity contribution in [1.82, 2.24) is 0 Å². The predicted octanol–water partition coefficient (Wildman–Crippen LogP) is 4.14. The standard InChI is InChI=1S/C16H14F3NO3/c1-21-15-5-3-2-4-13(15)10-20-22-11-12-6-8-14(9-7-12)23-16(17,18)19/h2-10H,11H2,1H3. The van der Waals surface area contributed by atoms with E-state index in [-0.39, 0.29) is 12.4 Å². The molecule has 0 N–H and O–H groups in total. The number of ether oxygens (including phenoxy) is 2. The highest BCUT2D eigenvalue weighted by atomic mass is 19.4. The Kier molecular flexibility index (Phi) is 5.46. The van der Waals surface area contributed by atoms with Gasteiger partial charge in [0.15, 0.2) is 0 Å². The molecular weight excluding hydrogens is 311 g/mol. The molecule has 0 radical (unpaired) electrons. The minimum Gasteiger partial charge on any atom is -0.496 e. The van der Waals surface area contributed by atoms with E-state index < -0.39 is 6.36 Å². The number of nitrogens with zero attached hydrogens (tertiary/aromatic N) is 1. The van der Waals surface area contributed by atoms with E-state index in [4.69, 9.17) is 9.57 Å². The van der Waals surface area contributed by atoms with Gasteiger partial charge >= 0.3 is 6.36 Å². The van der Waals surface area contributed by atoms with Crippen LogP contribution in [0.5, 0.6) is 11.5 Å². The Morgan fingerprint density at radius 2 is 1.74 bits per heavy atom. The lowest BCUT2D eigenvalue weighted by molar-refractivity contribution is -0.274. The van der Waals surface area contributed by atoms with Crippen LogP contribution < -0.4 is 9.47 Å². The van der Waals surface area contributed by atoms with E-state index in [1.54, 1.807) is 13.2 Å². The molecular formula is C16H14F3NO3. The van der Waals surface area contributed by atoms with Gasteiger partial charge in [-0.1, -0.05) is 29.4 Å². The first-order valence-corrected chi connectivity index (χ1v) is 6.61. The van der Waals surface area contributed by atoms with Crippen molar-refractivity contribution < 1.29 is 27.5 Å². The minimum absolute atomic E-state index is 0.123. The van der Waals surface area contributed by atoms with Crippen molar-refractivity contribution in [2.75, 3.05) is 7.11 Å². The molecule has 2 rings (SSSR count). The van der Waals surface area contributed by atoms with Crippen molar-refractivity contribution in [3.63, 3.8) is 0 Å². The molecule has 0 saturated heterocycles. The van der Waals surface area contributed by atoms with Crippen LogP contribution in [-0.4, -0.2) is 19.7 Å². The Balaban J connectivity index is 1.87. The molecule has 2 aromatic carbocycles. The van der Waals surface area contributed by atoms with E-state index in [2.05, 4.69) is 9.89 Å². The highest BCUT2D eigenvalue weighted by Gasteiger charge is 2.30. The number of alkyl halides is 3. The number of halogens is 3. The number of benzene rings is 2.